The number of benzene rings is 1. The molecule has 0 radical (unpaired) electrons. The van der Waals surface area contributed by atoms with Crippen LogP contribution in [0.3, 0.4) is 0 Å². The molecule has 1 aromatic rings. The maximum atomic E-state index is 6.00. The molecule has 4 heteroatoms. The Hall–Kier alpha value is -1.55. The van der Waals surface area contributed by atoms with Crippen LogP contribution in [0.15, 0.2) is 35.3 Å². The van der Waals surface area contributed by atoms with E-state index in [-0.39, 0.29) is 0 Å². The maximum absolute atomic E-state index is 6.00. The lowest BCUT2D eigenvalue weighted by atomic mass is 9.84. The lowest BCUT2D eigenvalue weighted by Crippen LogP contribution is -2.58. The maximum Gasteiger partial charge on any atom is 0.189 e. The minimum Gasteiger partial charge on any atom is -0.370 e. The average molecular weight is 258 g/mol. The minimum atomic E-state index is 0.488. The Morgan fingerprint density at radius 3 is 2.63 bits per heavy atom. The number of nitrogens with one attached hydrogen (secondary N) is 1. The zero-order chi connectivity index (χ0) is 13.1. The average Bonchev–Trinajstić information content (AvgIpc) is 2.47. The lowest BCUT2D eigenvalue weighted by Gasteiger charge is -2.45. The van der Waals surface area contributed by atoms with Gasteiger partial charge in [-0.15, -0.1) is 0 Å². The van der Waals surface area contributed by atoms with Crippen molar-refractivity contribution < 1.29 is 0 Å². The van der Waals surface area contributed by atoms with E-state index in [0.29, 0.717) is 18.5 Å². The van der Waals surface area contributed by atoms with E-state index in [2.05, 4.69) is 27.3 Å². The number of rotatable bonds is 3. The fourth-order valence-corrected chi connectivity index (χ4v) is 3.12. The van der Waals surface area contributed by atoms with E-state index < -0.39 is 0 Å². The number of aliphatic imine (C=N–C) groups is 1. The van der Waals surface area contributed by atoms with Gasteiger partial charge in [-0.3, -0.25) is 0 Å². The molecule has 3 fully saturated rings. The van der Waals surface area contributed by atoms with Gasteiger partial charge in [-0.25, -0.2) is 4.99 Å². The number of fused-ring (bicyclic) bond motifs is 3. The molecule has 0 aromatic heterocycles. The van der Waals surface area contributed by atoms with Gasteiger partial charge in [-0.05, 0) is 37.4 Å². The summed E-state index contributed by atoms with van der Waals surface area (Å²) in [5, 5.41) is 3.41. The van der Waals surface area contributed by atoms with Crippen molar-refractivity contribution in [2.24, 2.45) is 16.6 Å². The highest BCUT2D eigenvalue weighted by atomic mass is 15.2. The van der Waals surface area contributed by atoms with E-state index in [1.165, 1.54) is 31.5 Å². The van der Waals surface area contributed by atoms with E-state index in [9.17, 15) is 0 Å². The van der Waals surface area contributed by atoms with Gasteiger partial charge in [0.15, 0.2) is 5.96 Å². The topological polar surface area (TPSA) is 53.6 Å². The molecular formula is C15H22N4. The molecule has 3 heterocycles. The first-order valence-corrected chi connectivity index (χ1v) is 7.14. The summed E-state index contributed by atoms with van der Waals surface area (Å²) in [7, 11) is 0. The second kappa shape index (κ2) is 5.61. The molecule has 3 aliphatic rings. The summed E-state index contributed by atoms with van der Waals surface area (Å²) >= 11 is 0. The standard InChI is InChI=1S/C15H22N4/c16-15(17-10-12-4-2-1-3-5-12)18-14-11-19-8-6-13(14)7-9-19/h1-5,13-14H,6-11H2,(H3,16,17,18). The second-order valence-corrected chi connectivity index (χ2v) is 5.58. The largest absolute Gasteiger partial charge is 0.370 e. The van der Waals surface area contributed by atoms with Gasteiger partial charge in [-0.1, -0.05) is 30.3 Å². The predicted octanol–water partition coefficient (Wildman–Crippen LogP) is 1.19. The summed E-state index contributed by atoms with van der Waals surface area (Å²) in [6.45, 7) is 4.28. The zero-order valence-corrected chi connectivity index (χ0v) is 11.3. The molecule has 0 aliphatic carbocycles. The summed E-state index contributed by atoms with van der Waals surface area (Å²) in [5.74, 6) is 1.36. The van der Waals surface area contributed by atoms with E-state index in [1.807, 2.05) is 18.2 Å². The summed E-state index contributed by atoms with van der Waals surface area (Å²) in [6, 6.07) is 10.7. The van der Waals surface area contributed by atoms with Crippen LogP contribution in [0, 0.1) is 5.92 Å². The predicted molar refractivity (Wildman–Crippen MR) is 77.9 cm³/mol. The summed E-state index contributed by atoms with van der Waals surface area (Å²) in [5.41, 5.74) is 7.20. The van der Waals surface area contributed by atoms with Gasteiger partial charge in [0, 0.05) is 12.6 Å². The number of hydrogen-bond donors (Lipinski definition) is 2. The number of nitrogens with two attached hydrogens (primary N) is 1. The number of guanidine groups is 1. The van der Waals surface area contributed by atoms with Crippen LogP contribution in [0.1, 0.15) is 18.4 Å². The molecule has 2 bridgehead atoms. The van der Waals surface area contributed by atoms with Crippen molar-refractivity contribution >= 4 is 5.96 Å². The third-order valence-corrected chi connectivity index (χ3v) is 4.26. The van der Waals surface area contributed by atoms with Crippen LogP contribution in [-0.2, 0) is 6.54 Å². The Morgan fingerprint density at radius 2 is 2.00 bits per heavy atom. The van der Waals surface area contributed by atoms with Gasteiger partial charge in [0.25, 0.3) is 0 Å². The second-order valence-electron chi connectivity index (χ2n) is 5.58. The molecule has 4 rings (SSSR count). The number of nitrogens with zero attached hydrogens (tertiary/aromatic N) is 2. The summed E-state index contributed by atoms with van der Waals surface area (Å²) in [6.07, 6.45) is 2.59. The molecule has 3 aliphatic heterocycles. The first kappa shape index (κ1) is 12.5. The monoisotopic (exact) mass is 258 g/mol. The normalized spacial score (nSPS) is 30.3. The van der Waals surface area contributed by atoms with Crippen molar-refractivity contribution in [3.63, 3.8) is 0 Å². The highest BCUT2D eigenvalue weighted by Crippen LogP contribution is 2.27. The molecular weight excluding hydrogens is 236 g/mol. The van der Waals surface area contributed by atoms with Crippen LogP contribution in [0.2, 0.25) is 0 Å². The summed E-state index contributed by atoms with van der Waals surface area (Å²) in [4.78, 5) is 6.95. The molecule has 1 aromatic carbocycles. The van der Waals surface area contributed by atoms with Gasteiger partial charge >= 0.3 is 0 Å². The van der Waals surface area contributed by atoms with Crippen LogP contribution in [0.4, 0.5) is 0 Å². The Bertz CT molecular complexity index is 435. The number of hydrogen-bond acceptors (Lipinski definition) is 2. The molecule has 0 saturated carbocycles. The SMILES string of the molecule is NC(=NCc1ccccc1)NC1CN2CCC1CC2. The van der Waals surface area contributed by atoms with Crippen molar-refractivity contribution in [2.75, 3.05) is 19.6 Å². The van der Waals surface area contributed by atoms with E-state index in [0.717, 1.165) is 12.5 Å². The van der Waals surface area contributed by atoms with Crippen LogP contribution in [-0.4, -0.2) is 36.5 Å². The van der Waals surface area contributed by atoms with Crippen LogP contribution in [0.5, 0.6) is 0 Å². The lowest BCUT2D eigenvalue weighted by molar-refractivity contribution is 0.0811. The molecule has 102 valence electrons. The highest BCUT2D eigenvalue weighted by Gasteiger charge is 2.34. The Morgan fingerprint density at radius 1 is 1.26 bits per heavy atom. The van der Waals surface area contributed by atoms with Gasteiger partial charge in [-0.2, -0.15) is 0 Å². The molecule has 4 nitrogen and oxygen atoms in total. The van der Waals surface area contributed by atoms with E-state index >= 15 is 0 Å². The molecule has 1 unspecified atom stereocenters. The molecule has 0 amide bonds. The van der Waals surface area contributed by atoms with E-state index in [4.69, 9.17) is 5.73 Å². The molecule has 19 heavy (non-hydrogen) atoms. The van der Waals surface area contributed by atoms with Gasteiger partial charge < -0.3 is 16.0 Å². The van der Waals surface area contributed by atoms with Crippen molar-refractivity contribution in [2.45, 2.75) is 25.4 Å². The highest BCUT2D eigenvalue weighted by molar-refractivity contribution is 5.78. The first-order chi connectivity index (χ1) is 9.31. The van der Waals surface area contributed by atoms with Crippen molar-refractivity contribution in [1.29, 1.82) is 0 Å². The molecule has 3 saturated heterocycles. The Labute approximate surface area is 114 Å². The van der Waals surface area contributed by atoms with Crippen molar-refractivity contribution in [1.82, 2.24) is 10.2 Å². The van der Waals surface area contributed by atoms with Crippen LogP contribution >= 0.6 is 0 Å². The molecule has 3 N–H and O–H groups in total. The van der Waals surface area contributed by atoms with Crippen molar-refractivity contribution in [3.8, 4) is 0 Å². The first-order valence-electron chi connectivity index (χ1n) is 7.14. The van der Waals surface area contributed by atoms with E-state index in [1.54, 1.807) is 0 Å². The zero-order valence-electron chi connectivity index (χ0n) is 11.3. The van der Waals surface area contributed by atoms with Gasteiger partial charge in [0.1, 0.15) is 0 Å². The quantitative estimate of drug-likeness (QED) is 0.632. The van der Waals surface area contributed by atoms with Crippen LogP contribution in [0.25, 0.3) is 0 Å². The molecule has 1 atom stereocenters. The Kier molecular flexibility index (Phi) is 3.69. The van der Waals surface area contributed by atoms with Gasteiger partial charge in [0.05, 0.1) is 6.54 Å². The number of piperidine rings is 3. The third kappa shape index (κ3) is 3.07. The Balaban J connectivity index is 1.54. The molecule has 0 spiro atoms. The van der Waals surface area contributed by atoms with Crippen LogP contribution < -0.4 is 11.1 Å². The van der Waals surface area contributed by atoms with Gasteiger partial charge in [0.2, 0.25) is 0 Å². The summed E-state index contributed by atoms with van der Waals surface area (Å²) < 4.78 is 0. The minimum absolute atomic E-state index is 0.488. The third-order valence-electron chi connectivity index (χ3n) is 4.26. The fourth-order valence-electron chi connectivity index (χ4n) is 3.12. The fraction of sp³-hybridized carbons (Fsp3) is 0.533. The van der Waals surface area contributed by atoms with Crippen molar-refractivity contribution in [3.05, 3.63) is 35.9 Å². The smallest absolute Gasteiger partial charge is 0.189 e.